The summed E-state index contributed by atoms with van der Waals surface area (Å²) in [6.07, 6.45) is -0.0886. The van der Waals surface area contributed by atoms with Crippen LogP contribution in [0.25, 0.3) is 0 Å². The number of aliphatic carboxylic acids is 1. The number of carboxylic acid groups (broad SMARTS) is 1. The van der Waals surface area contributed by atoms with Gasteiger partial charge >= 0.3 is 5.97 Å². The van der Waals surface area contributed by atoms with Gasteiger partial charge in [-0.1, -0.05) is 0 Å². The van der Waals surface area contributed by atoms with Gasteiger partial charge in [-0.3, -0.25) is 4.79 Å². The highest BCUT2D eigenvalue weighted by Gasteiger charge is 2.06. The second-order valence-electron chi connectivity index (χ2n) is 2.34. The molecule has 1 unspecified atom stereocenters. The van der Waals surface area contributed by atoms with Crippen LogP contribution >= 0.6 is 0 Å². The van der Waals surface area contributed by atoms with E-state index in [4.69, 9.17) is 14.6 Å². The van der Waals surface area contributed by atoms with Crippen LogP contribution in [0.15, 0.2) is 0 Å². The van der Waals surface area contributed by atoms with Crippen molar-refractivity contribution in [1.82, 2.24) is 5.32 Å². The predicted octanol–water partition coefficient (Wildman–Crippen LogP) is -0.678. The van der Waals surface area contributed by atoms with E-state index < -0.39 is 5.97 Å². The summed E-state index contributed by atoms with van der Waals surface area (Å²) in [4.78, 5) is 10.1. The number of methoxy groups -OCH3 is 2. The highest BCUT2D eigenvalue weighted by molar-refractivity contribution is 5.68. The van der Waals surface area contributed by atoms with Crippen molar-refractivity contribution >= 4 is 5.97 Å². The first-order valence-corrected chi connectivity index (χ1v) is 3.65. The minimum atomic E-state index is -0.873. The fourth-order valence-corrected chi connectivity index (χ4v) is 0.736. The van der Waals surface area contributed by atoms with Crippen molar-refractivity contribution in [3.63, 3.8) is 0 Å². The Morgan fingerprint density at radius 3 is 2.67 bits per heavy atom. The van der Waals surface area contributed by atoms with E-state index in [1.54, 1.807) is 14.2 Å². The van der Waals surface area contributed by atoms with Gasteiger partial charge in [0.15, 0.2) is 0 Å². The van der Waals surface area contributed by atoms with Crippen molar-refractivity contribution in [2.45, 2.75) is 6.10 Å². The van der Waals surface area contributed by atoms with E-state index in [2.05, 4.69) is 5.32 Å². The molecule has 0 aliphatic heterocycles. The molecule has 5 nitrogen and oxygen atoms in total. The zero-order valence-electron chi connectivity index (χ0n) is 7.37. The van der Waals surface area contributed by atoms with E-state index in [0.29, 0.717) is 13.2 Å². The molecule has 0 heterocycles. The Morgan fingerprint density at radius 2 is 2.25 bits per heavy atom. The summed E-state index contributed by atoms with van der Waals surface area (Å²) >= 11 is 0. The Kier molecular flexibility index (Phi) is 6.64. The monoisotopic (exact) mass is 177 g/mol. The summed E-state index contributed by atoms with van der Waals surface area (Å²) in [6, 6.07) is 0. The van der Waals surface area contributed by atoms with Crippen LogP contribution in [0.1, 0.15) is 0 Å². The molecule has 0 aromatic heterocycles. The molecule has 1 atom stereocenters. The largest absolute Gasteiger partial charge is 0.480 e. The Balaban J connectivity index is 3.37. The number of hydrogen-bond donors (Lipinski definition) is 2. The number of carbonyl (C=O) groups is 1. The highest BCUT2D eigenvalue weighted by atomic mass is 16.5. The van der Waals surface area contributed by atoms with Gasteiger partial charge in [0, 0.05) is 20.8 Å². The van der Waals surface area contributed by atoms with Crippen molar-refractivity contribution in [2.24, 2.45) is 0 Å². The summed E-state index contributed by atoms with van der Waals surface area (Å²) in [5.41, 5.74) is 0. The van der Waals surface area contributed by atoms with Crippen LogP contribution in [0, 0.1) is 0 Å². The van der Waals surface area contributed by atoms with Crippen LogP contribution in [-0.4, -0.2) is 51.1 Å². The lowest BCUT2D eigenvalue weighted by Crippen LogP contribution is -2.34. The zero-order valence-corrected chi connectivity index (χ0v) is 7.37. The highest BCUT2D eigenvalue weighted by Crippen LogP contribution is 1.87. The Labute approximate surface area is 71.7 Å². The molecule has 0 aliphatic carbocycles. The van der Waals surface area contributed by atoms with E-state index in [9.17, 15) is 4.79 Å². The average molecular weight is 177 g/mol. The summed E-state index contributed by atoms with van der Waals surface area (Å²) < 4.78 is 9.83. The summed E-state index contributed by atoms with van der Waals surface area (Å²) in [6.45, 7) is 0.892. The van der Waals surface area contributed by atoms with E-state index in [1.807, 2.05) is 0 Å². The molecular formula is C7H15NO4. The summed E-state index contributed by atoms with van der Waals surface area (Å²) in [5.74, 6) is -0.873. The molecule has 12 heavy (non-hydrogen) atoms. The van der Waals surface area contributed by atoms with Crippen molar-refractivity contribution < 1.29 is 19.4 Å². The summed E-state index contributed by atoms with van der Waals surface area (Å²) in [5, 5.41) is 11.0. The maximum atomic E-state index is 10.1. The number of hydrogen-bond acceptors (Lipinski definition) is 4. The zero-order chi connectivity index (χ0) is 9.40. The lowest BCUT2D eigenvalue weighted by atomic mass is 10.3. The van der Waals surface area contributed by atoms with Gasteiger partial charge in [0.05, 0.1) is 19.3 Å². The molecule has 0 saturated heterocycles. The number of rotatable bonds is 7. The molecule has 0 rings (SSSR count). The smallest absolute Gasteiger partial charge is 0.317 e. The van der Waals surface area contributed by atoms with Gasteiger partial charge in [-0.05, 0) is 0 Å². The number of carboxylic acids is 1. The van der Waals surface area contributed by atoms with E-state index in [1.165, 1.54) is 0 Å². The first-order valence-electron chi connectivity index (χ1n) is 3.65. The van der Waals surface area contributed by atoms with Crippen LogP contribution < -0.4 is 5.32 Å². The quantitative estimate of drug-likeness (QED) is 0.539. The molecule has 2 N–H and O–H groups in total. The van der Waals surface area contributed by atoms with Crippen LogP contribution in [-0.2, 0) is 14.3 Å². The number of nitrogens with one attached hydrogen (secondary N) is 1. The second kappa shape index (κ2) is 7.02. The van der Waals surface area contributed by atoms with Gasteiger partial charge in [-0.25, -0.2) is 0 Å². The van der Waals surface area contributed by atoms with Gasteiger partial charge in [-0.2, -0.15) is 0 Å². The predicted molar refractivity (Wildman–Crippen MR) is 43.2 cm³/mol. The standard InChI is InChI=1S/C7H15NO4/c1-11-5-6(12-2)3-8-4-7(9)10/h6,8H,3-5H2,1-2H3,(H,9,10). The molecule has 0 aromatic rings. The van der Waals surface area contributed by atoms with Crippen LogP contribution in [0.4, 0.5) is 0 Å². The van der Waals surface area contributed by atoms with Crippen LogP contribution in [0.2, 0.25) is 0 Å². The van der Waals surface area contributed by atoms with Crippen LogP contribution in [0.5, 0.6) is 0 Å². The van der Waals surface area contributed by atoms with Gasteiger partial charge in [0.25, 0.3) is 0 Å². The normalized spacial score (nSPS) is 12.8. The third kappa shape index (κ3) is 6.09. The van der Waals surface area contributed by atoms with E-state index in [0.717, 1.165) is 0 Å². The minimum Gasteiger partial charge on any atom is -0.480 e. The molecule has 0 fully saturated rings. The van der Waals surface area contributed by atoms with Gasteiger partial charge < -0.3 is 19.9 Å². The number of ether oxygens (including phenoxy) is 2. The Morgan fingerprint density at radius 1 is 1.58 bits per heavy atom. The fourth-order valence-electron chi connectivity index (χ4n) is 0.736. The minimum absolute atomic E-state index is 0.0520. The van der Waals surface area contributed by atoms with Crippen molar-refractivity contribution in [3.05, 3.63) is 0 Å². The summed E-state index contributed by atoms with van der Waals surface area (Å²) in [7, 11) is 3.13. The molecule has 0 aromatic carbocycles. The molecular weight excluding hydrogens is 162 g/mol. The van der Waals surface area contributed by atoms with Crippen LogP contribution in [0.3, 0.4) is 0 Å². The SMILES string of the molecule is COCC(CNCC(=O)O)OC. The van der Waals surface area contributed by atoms with Gasteiger partial charge in [0.2, 0.25) is 0 Å². The lowest BCUT2D eigenvalue weighted by Gasteiger charge is -2.13. The molecule has 0 radical (unpaired) electrons. The molecule has 0 spiro atoms. The average Bonchev–Trinajstić information content (AvgIpc) is 2.02. The third-order valence-electron chi connectivity index (χ3n) is 1.33. The maximum absolute atomic E-state index is 10.1. The van der Waals surface area contributed by atoms with E-state index in [-0.39, 0.29) is 12.6 Å². The Bertz CT molecular complexity index is 129. The van der Waals surface area contributed by atoms with Crippen molar-refractivity contribution in [3.8, 4) is 0 Å². The first-order chi connectivity index (χ1) is 5.70. The fraction of sp³-hybridized carbons (Fsp3) is 0.857. The van der Waals surface area contributed by atoms with Crippen molar-refractivity contribution in [2.75, 3.05) is 33.9 Å². The lowest BCUT2D eigenvalue weighted by molar-refractivity contribution is -0.136. The Hall–Kier alpha value is -0.650. The molecule has 5 heteroatoms. The third-order valence-corrected chi connectivity index (χ3v) is 1.33. The first kappa shape index (κ1) is 11.4. The molecule has 0 bridgehead atoms. The second-order valence-corrected chi connectivity index (χ2v) is 2.34. The van der Waals surface area contributed by atoms with Crippen molar-refractivity contribution in [1.29, 1.82) is 0 Å². The molecule has 0 amide bonds. The molecule has 72 valence electrons. The van der Waals surface area contributed by atoms with Gasteiger partial charge in [0.1, 0.15) is 0 Å². The topological polar surface area (TPSA) is 67.8 Å². The van der Waals surface area contributed by atoms with Gasteiger partial charge in [-0.15, -0.1) is 0 Å². The molecule has 0 saturated carbocycles. The van der Waals surface area contributed by atoms with E-state index >= 15 is 0 Å². The molecule has 0 aliphatic rings. The maximum Gasteiger partial charge on any atom is 0.317 e.